The standard InChI is InChI=1S/C12H13ClO2/c1-8-10(12(13)14)6-5-9-4-2-3-7-15-11(8)9/h5-6H,2-4,7H2,1H3. The maximum absolute atomic E-state index is 11.1. The van der Waals surface area contributed by atoms with E-state index in [-0.39, 0.29) is 0 Å². The number of ether oxygens (including phenoxy) is 1. The van der Waals surface area contributed by atoms with E-state index in [1.54, 1.807) is 6.07 Å². The monoisotopic (exact) mass is 224 g/mol. The molecule has 80 valence electrons. The molecule has 0 aliphatic carbocycles. The van der Waals surface area contributed by atoms with E-state index < -0.39 is 5.24 Å². The molecular weight excluding hydrogens is 212 g/mol. The summed E-state index contributed by atoms with van der Waals surface area (Å²) in [5, 5.41) is -0.414. The molecule has 0 radical (unpaired) electrons. The van der Waals surface area contributed by atoms with Gasteiger partial charge in [-0.3, -0.25) is 4.79 Å². The maximum atomic E-state index is 11.1. The molecule has 1 heterocycles. The van der Waals surface area contributed by atoms with Crippen molar-refractivity contribution in [1.29, 1.82) is 0 Å². The van der Waals surface area contributed by atoms with Gasteiger partial charge in [-0.05, 0) is 49.4 Å². The van der Waals surface area contributed by atoms with Crippen molar-refractivity contribution in [1.82, 2.24) is 0 Å². The molecule has 0 N–H and O–H groups in total. The Labute approximate surface area is 94.2 Å². The van der Waals surface area contributed by atoms with Crippen molar-refractivity contribution in [2.45, 2.75) is 26.2 Å². The topological polar surface area (TPSA) is 26.3 Å². The van der Waals surface area contributed by atoms with Crippen LogP contribution in [0.3, 0.4) is 0 Å². The highest BCUT2D eigenvalue weighted by atomic mass is 35.5. The fourth-order valence-electron chi connectivity index (χ4n) is 1.95. The molecule has 0 amide bonds. The molecule has 15 heavy (non-hydrogen) atoms. The number of fused-ring (bicyclic) bond motifs is 1. The third-order valence-electron chi connectivity index (χ3n) is 2.79. The summed E-state index contributed by atoms with van der Waals surface area (Å²) < 4.78 is 5.66. The molecule has 2 rings (SSSR count). The number of rotatable bonds is 1. The van der Waals surface area contributed by atoms with Gasteiger partial charge in [0, 0.05) is 11.1 Å². The van der Waals surface area contributed by atoms with E-state index in [2.05, 4.69) is 0 Å². The minimum atomic E-state index is -0.414. The largest absolute Gasteiger partial charge is 0.493 e. The van der Waals surface area contributed by atoms with E-state index >= 15 is 0 Å². The smallest absolute Gasteiger partial charge is 0.252 e. The van der Waals surface area contributed by atoms with Crippen LogP contribution in [0.15, 0.2) is 12.1 Å². The molecule has 2 nitrogen and oxygen atoms in total. The van der Waals surface area contributed by atoms with Gasteiger partial charge in [-0.15, -0.1) is 0 Å². The molecule has 0 spiro atoms. The predicted molar refractivity (Wildman–Crippen MR) is 59.8 cm³/mol. The second-order valence-electron chi connectivity index (χ2n) is 3.81. The molecule has 0 saturated heterocycles. The summed E-state index contributed by atoms with van der Waals surface area (Å²) in [6.45, 7) is 2.62. The molecule has 0 bridgehead atoms. The Balaban J connectivity index is 2.50. The SMILES string of the molecule is Cc1c(C(=O)Cl)ccc2c1OCCCC2. The normalized spacial score (nSPS) is 15.1. The van der Waals surface area contributed by atoms with E-state index in [1.807, 2.05) is 13.0 Å². The lowest BCUT2D eigenvalue weighted by atomic mass is 10.0. The van der Waals surface area contributed by atoms with Gasteiger partial charge < -0.3 is 4.74 Å². The summed E-state index contributed by atoms with van der Waals surface area (Å²) >= 11 is 5.50. The average Bonchev–Trinajstić information content (AvgIpc) is 2.43. The number of hydrogen-bond donors (Lipinski definition) is 0. The summed E-state index contributed by atoms with van der Waals surface area (Å²) in [6, 6.07) is 3.74. The van der Waals surface area contributed by atoms with Gasteiger partial charge in [-0.2, -0.15) is 0 Å². The van der Waals surface area contributed by atoms with Gasteiger partial charge in [-0.1, -0.05) is 6.07 Å². The van der Waals surface area contributed by atoms with Crippen molar-refractivity contribution in [2.24, 2.45) is 0 Å². The molecule has 1 aliphatic heterocycles. The van der Waals surface area contributed by atoms with Crippen LogP contribution in [0.5, 0.6) is 5.75 Å². The number of carbonyl (C=O) groups is 1. The highest BCUT2D eigenvalue weighted by Gasteiger charge is 2.16. The molecule has 0 atom stereocenters. The molecule has 0 aromatic heterocycles. The van der Waals surface area contributed by atoms with E-state index in [0.717, 1.165) is 37.2 Å². The van der Waals surface area contributed by atoms with Crippen LogP contribution in [0, 0.1) is 6.92 Å². The van der Waals surface area contributed by atoms with Gasteiger partial charge in [-0.25, -0.2) is 0 Å². The van der Waals surface area contributed by atoms with Crippen molar-refractivity contribution in [3.05, 3.63) is 28.8 Å². The van der Waals surface area contributed by atoms with Crippen LogP contribution in [0.2, 0.25) is 0 Å². The van der Waals surface area contributed by atoms with Gasteiger partial charge in [0.1, 0.15) is 5.75 Å². The van der Waals surface area contributed by atoms with Gasteiger partial charge in [0.2, 0.25) is 0 Å². The average molecular weight is 225 g/mol. The van der Waals surface area contributed by atoms with Crippen LogP contribution < -0.4 is 4.74 Å². The van der Waals surface area contributed by atoms with Crippen molar-refractivity contribution < 1.29 is 9.53 Å². The predicted octanol–water partition coefficient (Wildman–Crippen LogP) is 3.09. The first-order chi connectivity index (χ1) is 7.20. The second-order valence-corrected chi connectivity index (χ2v) is 4.15. The Bertz CT molecular complexity index is 399. The molecule has 1 aliphatic rings. The van der Waals surface area contributed by atoms with Crippen LogP contribution >= 0.6 is 11.6 Å². The fourth-order valence-corrected chi connectivity index (χ4v) is 2.15. The summed E-state index contributed by atoms with van der Waals surface area (Å²) in [6.07, 6.45) is 3.23. The number of benzene rings is 1. The zero-order valence-electron chi connectivity index (χ0n) is 8.68. The summed E-state index contributed by atoms with van der Waals surface area (Å²) in [5.74, 6) is 0.860. The quantitative estimate of drug-likeness (QED) is 0.686. The lowest BCUT2D eigenvalue weighted by molar-refractivity contribution is 0.108. The third-order valence-corrected chi connectivity index (χ3v) is 2.99. The lowest BCUT2D eigenvalue weighted by Crippen LogP contribution is -2.01. The van der Waals surface area contributed by atoms with Crippen molar-refractivity contribution in [3.8, 4) is 5.75 Å². The van der Waals surface area contributed by atoms with E-state index in [4.69, 9.17) is 16.3 Å². The second kappa shape index (κ2) is 4.23. The Hall–Kier alpha value is -1.02. The fraction of sp³-hybridized carbons (Fsp3) is 0.417. The molecule has 3 heteroatoms. The Kier molecular flexibility index (Phi) is 2.96. The van der Waals surface area contributed by atoms with Gasteiger partial charge in [0.25, 0.3) is 5.24 Å². The molecule has 0 saturated carbocycles. The number of aryl methyl sites for hydroxylation is 1. The summed E-state index contributed by atoms with van der Waals surface area (Å²) in [5.41, 5.74) is 2.61. The first-order valence-corrected chi connectivity index (χ1v) is 5.53. The molecule has 0 unspecified atom stereocenters. The van der Waals surface area contributed by atoms with Gasteiger partial charge in [0.15, 0.2) is 0 Å². The molecular formula is C12H13ClO2. The molecule has 1 aromatic rings. The zero-order chi connectivity index (χ0) is 10.8. The lowest BCUT2D eigenvalue weighted by Gasteiger charge is -2.12. The first-order valence-electron chi connectivity index (χ1n) is 5.15. The number of halogens is 1. The minimum absolute atomic E-state index is 0.414. The summed E-state index contributed by atoms with van der Waals surface area (Å²) in [7, 11) is 0. The van der Waals surface area contributed by atoms with E-state index in [9.17, 15) is 4.79 Å². The third kappa shape index (κ3) is 2.00. The van der Waals surface area contributed by atoms with Crippen LogP contribution in [0.1, 0.15) is 34.3 Å². The molecule has 1 aromatic carbocycles. The Morgan fingerprint density at radius 3 is 2.93 bits per heavy atom. The number of carbonyl (C=O) groups excluding carboxylic acids is 1. The van der Waals surface area contributed by atoms with Crippen LogP contribution in [-0.4, -0.2) is 11.8 Å². The van der Waals surface area contributed by atoms with Crippen molar-refractivity contribution >= 4 is 16.8 Å². The minimum Gasteiger partial charge on any atom is -0.493 e. The highest BCUT2D eigenvalue weighted by molar-refractivity contribution is 6.67. The van der Waals surface area contributed by atoms with E-state index in [1.165, 1.54) is 5.56 Å². The summed E-state index contributed by atoms with van der Waals surface area (Å²) in [4.78, 5) is 11.1. The zero-order valence-corrected chi connectivity index (χ0v) is 9.43. The van der Waals surface area contributed by atoms with Crippen LogP contribution in [0.4, 0.5) is 0 Å². The number of hydrogen-bond acceptors (Lipinski definition) is 2. The van der Waals surface area contributed by atoms with Gasteiger partial charge in [0.05, 0.1) is 6.61 Å². The van der Waals surface area contributed by atoms with Crippen LogP contribution in [0.25, 0.3) is 0 Å². The Morgan fingerprint density at radius 2 is 2.20 bits per heavy atom. The van der Waals surface area contributed by atoms with Crippen molar-refractivity contribution in [2.75, 3.05) is 6.61 Å². The Morgan fingerprint density at radius 1 is 1.40 bits per heavy atom. The first kappa shape index (κ1) is 10.5. The van der Waals surface area contributed by atoms with E-state index in [0.29, 0.717) is 5.56 Å². The van der Waals surface area contributed by atoms with Crippen molar-refractivity contribution in [3.63, 3.8) is 0 Å². The highest BCUT2D eigenvalue weighted by Crippen LogP contribution is 2.30. The van der Waals surface area contributed by atoms with Crippen LogP contribution in [-0.2, 0) is 6.42 Å². The molecule has 0 fully saturated rings. The maximum Gasteiger partial charge on any atom is 0.252 e. The van der Waals surface area contributed by atoms with Gasteiger partial charge >= 0.3 is 0 Å².